The Bertz CT molecular complexity index is 226. The molecule has 0 aliphatic carbocycles. The first kappa shape index (κ1) is 13.3. The van der Waals surface area contributed by atoms with Gasteiger partial charge < -0.3 is 15.1 Å². The molecule has 4 heteroatoms. The first-order valence-corrected chi connectivity index (χ1v) is 6.37. The first-order chi connectivity index (χ1) is 7.60. The van der Waals surface area contributed by atoms with Crippen LogP contribution < -0.4 is 5.32 Å². The molecule has 0 aromatic heterocycles. The molecule has 0 saturated carbocycles. The fourth-order valence-electron chi connectivity index (χ4n) is 2.09. The number of hydrogen-bond donors (Lipinski definition) is 1. The summed E-state index contributed by atoms with van der Waals surface area (Å²) in [5.74, 6) is 0.576. The van der Waals surface area contributed by atoms with Gasteiger partial charge in [-0.3, -0.25) is 0 Å². The molecule has 1 N–H and O–H groups in total. The van der Waals surface area contributed by atoms with E-state index in [1.54, 1.807) is 0 Å². The third-order valence-electron chi connectivity index (χ3n) is 3.31. The second-order valence-corrected chi connectivity index (χ2v) is 4.71. The van der Waals surface area contributed by atoms with E-state index in [1.165, 1.54) is 0 Å². The SMILES string of the molecule is CCN(CC)C(=O)N1CCNC(C(C)C)C1. The Labute approximate surface area is 99.0 Å². The van der Waals surface area contributed by atoms with Gasteiger partial charge in [0, 0.05) is 38.8 Å². The molecular formula is C12H25N3O. The number of nitrogens with one attached hydrogen (secondary N) is 1. The van der Waals surface area contributed by atoms with Gasteiger partial charge in [0.2, 0.25) is 0 Å². The van der Waals surface area contributed by atoms with Gasteiger partial charge in [0.15, 0.2) is 0 Å². The van der Waals surface area contributed by atoms with Crippen LogP contribution in [0.15, 0.2) is 0 Å². The minimum Gasteiger partial charge on any atom is -0.325 e. The van der Waals surface area contributed by atoms with E-state index < -0.39 is 0 Å². The molecule has 16 heavy (non-hydrogen) atoms. The van der Waals surface area contributed by atoms with Gasteiger partial charge in [-0.1, -0.05) is 13.8 Å². The normalized spacial score (nSPS) is 21.3. The second kappa shape index (κ2) is 6.09. The predicted molar refractivity (Wildman–Crippen MR) is 66.5 cm³/mol. The molecule has 1 heterocycles. The van der Waals surface area contributed by atoms with Gasteiger partial charge in [0.25, 0.3) is 0 Å². The molecule has 1 unspecified atom stereocenters. The van der Waals surface area contributed by atoms with Crippen LogP contribution in [0.3, 0.4) is 0 Å². The van der Waals surface area contributed by atoms with Crippen molar-refractivity contribution in [2.75, 3.05) is 32.7 Å². The Morgan fingerprint density at radius 3 is 2.56 bits per heavy atom. The number of amides is 2. The van der Waals surface area contributed by atoms with E-state index >= 15 is 0 Å². The third-order valence-corrected chi connectivity index (χ3v) is 3.31. The Morgan fingerprint density at radius 2 is 2.06 bits per heavy atom. The van der Waals surface area contributed by atoms with Crippen LogP contribution in [0.25, 0.3) is 0 Å². The molecular weight excluding hydrogens is 202 g/mol. The minimum atomic E-state index is 0.192. The Hall–Kier alpha value is -0.770. The molecule has 2 amide bonds. The van der Waals surface area contributed by atoms with Crippen molar-refractivity contribution in [1.29, 1.82) is 0 Å². The largest absolute Gasteiger partial charge is 0.325 e. The summed E-state index contributed by atoms with van der Waals surface area (Å²) in [5.41, 5.74) is 0. The van der Waals surface area contributed by atoms with Gasteiger partial charge in [0.05, 0.1) is 0 Å². The molecule has 0 aromatic carbocycles. The maximum Gasteiger partial charge on any atom is 0.320 e. The molecule has 1 atom stereocenters. The van der Waals surface area contributed by atoms with Gasteiger partial charge in [-0.05, 0) is 19.8 Å². The van der Waals surface area contributed by atoms with Crippen molar-refractivity contribution >= 4 is 6.03 Å². The summed E-state index contributed by atoms with van der Waals surface area (Å²) >= 11 is 0. The predicted octanol–water partition coefficient (Wildman–Crippen LogP) is 1.38. The average Bonchev–Trinajstić information content (AvgIpc) is 2.30. The van der Waals surface area contributed by atoms with Gasteiger partial charge in [-0.2, -0.15) is 0 Å². The van der Waals surface area contributed by atoms with Crippen molar-refractivity contribution in [2.45, 2.75) is 33.7 Å². The highest BCUT2D eigenvalue weighted by molar-refractivity contribution is 5.74. The lowest BCUT2D eigenvalue weighted by Crippen LogP contribution is -2.57. The highest BCUT2D eigenvalue weighted by Gasteiger charge is 2.26. The van der Waals surface area contributed by atoms with Crippen molar-refractivity contribution in [2.24, 2.45) is 5.92 Å². The number of piperazine rings is 1. The summed E-state index contributed by atoms with van der Waals surface area (Å²) in [7, 11) is 0. The molecule has 1 aliphatic rings. The fraction of sp³-hybridized carbons (Fsp3) is 0.917. The second-order valence-electron chi connectivity index (χ2n) is 4.71. The Balaban J connectivity index is 2.56. The molecule has 0 radical (unpaired) electrons. The smallest absolute Gasteiger partial charge is 0.320 e. The van der Waals surface area contributed by atoms with Crippen LogP contribution in [0.4, 0.5) is 4.79 Å². The molecule has 0 aromatic rings. The van der Waals surface area contributed by atoms with Gasteiger partial charge in [0.1, 0.15) is 0 Å². The summed E-state index contributed by atoms with van der Waals surface area (Å²) in [6.45, 7) is 12.6. The van der Waals surface area contributed by atoms with Crippen LogP contribution in [0, 0.1) is 5.92 Å². The van der Waals surface area contributed by atoms with Crippen LogP contribution in [-0.4, -0.2) is 54.6 Å². The average molecular weight is 227 g/mol. The summed E-state index contributed by atoms with van der Waals surface area (Å²) in [6, 6.07) is 0.630. The molecule has 4 nitrogen and oxygen atoms in total. The summed E-state index contributed by atoms with van der Waals surface area (Å²) in [4.78, 5) is 16.0. The van der Waals surface area contributed by atoms with E-state index in [0.717, 1.165) is 32.7 Å². The molecule has 94 valence electrons. The minimum absolute atomic E-state index is 0.192. The lowest BCUT2D eigenvalue weighted by Gasteiger charge is -2.38. The van der Waals surface area contributed by atoms with Crippen molar-refractivity contribution in [1.82, 2.24) is 15.1 Å². The molecule has 1 fully saturated rings. The zero-order valence-electron chi connectivity index (χ0n) is 11.0. The third kappa shape index (κ3) is 3.11. The van der Waals surface area contributed by atoms with E-state index in [4.69, 9.17) is 0 Å². The van der Waals surface area contributed by atoms with E-state index in [1.807, 2.05) is 23.6 Å². The maximum atomic E-state index is 12.2. The van der Waals surface area contributed by atoms with Gasteiger partial charge in [-0.15, -0.1) is 0 Å². The highest BCUT2D eigenvalue weighted by atomic mass is 16.2. The zero-order valence-corrected chi connectivity index (χ0v) is 11.0. The van der Waals surface area contributed by atoms with Gasteiger partial charge in [-0.25, -0.2) is 4.79 Å². The molecule has 1 saturated heterocycles. The number of nitrogens with zero attached hydrogens (tertiary/aromatic N) is 2. The standard InChI is InChI=1S/C12H25N3O/c1-5-14(6-2)12(16)15-8-7-13-11(9-15)10(3)4/h10-11,13H,5-9H2,1-4H3. The van der Waals surface area contributed by atoms with Crippen LogP contribution >= 0.6 is 0 Å². The van der Waals surface area contributed by atoms with Gasteiger partial charge >= 0.3 is 6.03 Å². The monoisotopic (exact) mass is 227 g/mol. The quantitative estimate of drug-likeness (QED) is 0.790. The lowest BCUT2D eigenvalue weighted by atomic mass is 10.0. The maximum absolute atomic E-state index is 12.2. The molecule has 1 rings (SSSR count). The van der Waals surface area contributed by atoms with E-state index in [9.17, 15) is 4.79 Å². The van der Waals surface area contributed by atoms with E-state index in [-0.39, 0.29) is 6.03 Å². The number of hydrogen-bond acceptors (Lipinski definition) is 2. The van der Waals surface area contributed by atoms with Crippen LogP contribution in [0.1, 0.15) is 27.7 Å². The van der Waals surface area contributed by atoms with Crippen LogP contribution in [0.5, 0.6) is 0 Å². The van der Waals surface area contributed by atoms with E-state index in [2.05, 4.69) is 19.2 Å². The number of carbonyl (C=O) groups excluding carboxylic acids is 1. The van der Waals surface area contributed by atoms with Crippen LogP contribution in [-0.2, 0) is 0 Å². The van der Waals surface area contributed by atoms with Crippen molar-refractivity contribution < 1.29 is 4.79 Å². The van der Waals surface area contributed by atoms with Crippen molar-refractivity contribution in [3.63, 3.8) is 0 Å². The number of rotatable bonds is 3. The number of carbonyl (C=O) groups is 1. The summed E-state index contributed by atoms with van der Waals surface area (Å²) in [6.07, 6.45) is 0. The Morgan fingerprint density at radius 1 is 1.44 bits per heavy atom. The molecule has 0 bridgehead atoms. The van der Waals surface area contributed by atoms with Crippen LogP contribution in [0.2, 0.25) is 0 Å². The first-order valence-electron chi connectivity index (χ1n) is 6.37. The lowest BCUT2D eigenvalue weighted by molar-refractivity contribution is 0.133. The highest BCUT2D eigenvalue weighted by Crippen LogP contribution is 2.10. The Kier molecular flexibility index (Phi) is 5.06. The summed E-state index contributed by atoms with van der Waals surface area (Å²) in [5, 5.41) is 3.47. The fourth-order valence-corrected chi connectivity index (χ4v) is 2.09. The topological polar surface area (TPSA) is 35.6 Å². The molecule has 1 aliphatic heterocycles. The van der Waals surface area contributed by atoms with E-state index in [0.29, 0.717) is 12.0 Å². The zero-order chi connectivity index (χ0) is 12.1. The summed E-state index contributed by atoms with van der Waals surface area (Å²) < 4.78 is 0. The van der Waals surface area contributed by atoms with Crippen molar-refractivity contribution in [3.8, 4) is 0 Å². The number of urea groups is 1. The molecule has 0 spiro atoms. The van der Waals surface area contributed by atoms with Crippen molar-refractivity contribution in [3.05, 3.63) is 0 Å².